The highest BCUT2D eigenvalue weighted by Crippen LogP contribution is 2.41. The second-order valence-corrected chi connectivity index (χ2v) is 12.8. The Balaban J connectivity index is 1.92. The average molecular weight is 645 g/mol. The minimum atomic E-state index is -0.905. The summed E-state index contributed by atoms with van der Waals surface area (Å²) in [6, 6.07) is 0. The van der Waals surface area contributed by atoms with Crippen LogP contribution in [0.1, 0.15) is 125 Å². The van der Waals surface area contributed by atoms with Crippen LogP contribution in [0.3, 0.4) is 0 Å². The molecule has 0 bridgehead atoms. The molecule has 0 fully saturated rings. The lowest BCUT2D eigenvalue weighted by Crippen LogP contribution is -2.24. The van der Waals surface area contributed by atoms with Crippen LogP contribution < -0.4 is 10.6 Å². The summed E-state index contributed by atoms with van der Waals surface area (Å²) in [4.78, 5) is 56.1. The van der Waals surface area contributed by atoms with Gasteiger partial charge in [0, 0.05) is 63.6 Å². The number of carboxylic acids is 2. The van der Waals surface area contributed by atoms with Crippen LogP contribution in [0.15, 0.2) is 33.7 Å². The van der Waals surface area contributed by atoms with Crippen molar-refractivity contribution in [3.63, 3.8) is 0 Å². The third-order valence-corrected chi connectivity index (χ3v) is 9.68. The van der Waals surface area contributed by atoms with Crippen LogP contribution in [0.25, 0.3) is 12.2 Å². The number of amides is 2. The topological polar surface area (TPSA) is 164 Å². The summed E-state index contributed by atoms with van der Waals surface area (Å²) < 4.78 is 0. The standard InChI is InChI=1S/C37H48N4O6/c1-9-21-23(11-3)35(46)40-29(21)17-27-19(5)25(13-15-31(42)43)33(38-27)37(7,8)34-26(14-16-32(44)45)20(6)28(39-34)18-30-22(10-2)24(12-4)36(47)41-30/h17-18,38-39H,9-16H2,1-8H3,(H,40,46)(H,41,47)(H,42,43)(H,44,45)/b29-17-,30-18-. The van der Waals surface area contributed by atoms with Gasteiger partial charge in [-0.05, 0) is 112 Å². The molecule has 2 aliphatic rings. The van der Waals surface area contributed by atoms with Gasteiger partial charge in [-0.2, -0.15) is 0 Å². The SMILES string of the molecule is CCC1=C(CC)/C(=C/c2[nH]c(C(C)(C)c3[nH]c(/C=C4\NC(=O)C(CC)=C4CC)c(C)c3CCC(=O)O)c(CCC(=O)O)c2C)NC1=O. The third-order valence-electron chi connectivity index (χ3n) is 9.68. The molecule has 252 valence electrons. The van der Waals surface area contributed by atoms with Gasteiger partial charge in [-0.1, -0.05) is 27.7 Å². The molecule has 2 aromatic heterocycles. The number of carbonyl (C=O) groups is 4. The van der Waals surface area contributed by atoms with E-state index in [0.717, 1.165) is 78.7 Å². The molecule has 0 radical (unpaired) electrons. The van der Waals surface area contributed by atoms with E-state index in [9.17, 15) is 29.4 Å². The molecule has 4 rings (SSSR count). The first-order chi connectivity index (χ1) is 22.2. The van der Waals surface area contributed by atoms with Crippen LogP contribution in [0, 0.1) is 13.8 Å². The lowest BCUT2D eigenvalue weighted by Gasteiger charge is -2.27. The molecule has 0 aromatic carbocycles. The van der Waals surface area contributed by atoms with Crippen LogP contribution >= 0.6 is 0 Å². The van der Waals surface area contributed by atoms with Crippen molar-refractivity contribution in [2.24, 2.45) is 0 Å². The molecular weight excluding hydrogens is 596 g/mol. The zero-order valence-corrected chi connectivity index (χ0v) is 28.8. The summed E-state index contributed by atoms with van der Waals surface area (Å²) in [7, 11) is 0. The molecule has 0 saturated carbocycles. The number of H-pyrrole nitrogens is 2. The molecule has 2 aliphatic heterocycles. The molecule has 4 heterocycles. The predicted octanol–water partition coefficient (Wildman–Crippen LogP) is 6.49. The Kier molecular flexibility index (Phi) is 10.5. The lowest BCUT2D eigenvalue weighted by molar-refractivity contribution is -0.138. The fourth-order valence-electron chi connectivity index (χ4n) is 7.11. The number of aliphatic carboxylic acids is 2. The predicted molar refractivity (Wildman–Crippen MR) is 183 cm³/mol. The molecule has 6 N–H and O–H groups in total. The number of hydrogen-bond donors (Lipinski definition) is 6. The van der Waals surface area contributed by atoms with Gasteiger partial charge < -0.3 is 30.8 Å². The van der Waals surface area contributed by atoms with Gasteiger partial charge >= 0.3 is 11.9 Å². The minimum Gasteiger partial charge on any atom is -0.481 e. The average Bonchev–Trinajstić information content (AvgIpc) is 3.71. The fourth-order valence-corrected chi connectivity index (χ4v) is 7.11. The molecule has 10 heteroatoms. The summed E-state index contributed by atoms with van der Waals surface area (Å²) >= 11 is 0. The van der Waals surface area contributed by atoms with Gasteiger partial charge in [0.1, 0.15) is 0 Å². The molecule has 0 aliphatic carbocycles. The smallest absolute Gasteiger partial charge is 0.303 e. The highest BCUT2D eigenvalue weighted by Gasteiger charge is 2.35. The number of carbonyl (C=O) groups excluding carboxylic acids is 2. The first-order valence-electron chi connectivity index (χ1n) is 16.6. The second-order valence-electron chi connectivity index (χ2n) is 12.8. The van der Waals surface area contributed by atoms with Crippen LogP contribution in [0.4, 0.5) is 0 Å². The zero-order chi connectivity index (χ0) is 34.8. The zero-order valence-electron chi connectivity index (χ0n) is 28.8. The van der Waals surface area contributed by atoms with Gasteiger partial charge in [-0.25, -0.2) is 0 Å². The Morgan fingerprint density at radius 1 is 0.638 bits per heavy atom. The minimum absolute atomic E-state index is 0.0623. The Hall–Kier alpha value is -4.60. The molecule has 0 atom stereocenters. The number of nitrogens with one attached hydrogen (secondary N) is 4. The van der Waals surface area contributed by atoms with Crippen molar-refractivity contribution in [3.05, 3.63) is 78.7 Å². The summed E-state index contributed by atoms with van der Waals surface area (Å²) in [5.41, 5.74) is 11.0. The maximum atomic E-state index is 12.7. The van der Waals surface area contributed by atoms with Crippen molar-refractivity contribution in [3.8, 4) is 0 Å². The maximum Gasteiger partial charge on any atom is 0.303 e. The molecule has 2 aromatic rings. The van der Waals surface area contributed by atoms with Gasteiger partial charge in [0.2, 0.25) is 0 Å². The molecular formula is C37H48N4O6. The molecule has 2 amide bonds. The number of carboxylic acid groups (broad SMARTS) is 2. The monoisotopic (exact) mass is 644 g/mol. The van der Waals surface area contributed by atoms with Crippen molar-refractivity contribution >= 4 is 35.9 Å². The van der Waals surface area contributed by atoms with E-state index in [0.29, 0.717) is 38.5 Å². The molecule has 0 saturated heterocycles. The van der Waals surface area contributed by atoms with Crippen LogP contribution in [-0.4, -0.2) is 43.9 Å². The van der Waals surface area contributed by atoms with Crippen molar-refractivity contribution in [2.45, 2.75) is 112 Å². The first-order valence-corrected chi connectivity index (χ1v) is 16.6. The fraction of sp³-hybridized carbons (Fsp3) is 0.459. The lowest BCUT2D eigenvalue weighted by atomic mass is 9.79. The Morgan fingerprint density at radius 2 is 0.979 bits per heavy atom. The van der Waals surface area contributed by atoms with Crippen LogP contribution in [0.5, 0.6) is 0 Å². The summed E-state index contributed by atoms with van der Waals surface area (Å²) in [6.45, 7) is 16.0. The van der Waals surface area contributed by atoms with Crippen LogP contribution in [-0.2, 0) is 37.4 Å². The normalized spacial score (nSPS) is 17.0. The first kappa shape index (κ1) is 35.3. The van der Waals surface area contributed by atoms with Crippen LogP contribution in [0.2, 0.25) is 0 Å². The Labute approximate surface area is 276 Å². The number of hydrogen-bond acceptors (Lipinski definition) is 4. The number of rotatable bonds is 14. The molecule has 10 nitrogen and oxygen atoms in total. The number of aromatic amines is 2. The largest absolute Gasteiger partial charge is 0.481 e. The maximum absolute atomic E-state index is 12.7. The van der Waals surface area contributed by atoms with Crippen molar-refractivity contribution in [2.75, 3.05) is 0 Å². The van der Waals surface area contributed by atoms with E-state index < -0.39 is 17.4 Å². The summed E-state index contributed by atoms with van der Waals surface area (Å²) in [5.74, 6) is -2.00. The van der Waals surface area contributed by atoms with E-state index >= 15 is 0 Å². The van der Waals surface area contributed by atoms with E-state index in [1.54, 1.807) is 0 Å². The van der Waals surface area contributed by atoms with Crippen molar-refractivity contribution in [1.29, 1.82) is 0 Å². The quantitative estimate of drug-likeness (QED) is 0.138. The van der Waals surface area contributed by atoms with Crippen molar-refractivity contribution < 1.29 is 29.4 Å². The van der Waals surface area contributed by atoms with E-state index in [4.69, 9.17) is 0 Å². The van der Waals surface area contributed by atoms with Gasteiger partial charge in [0.15, 0.2) is 0 Å². The highest BCUT2D eigenvalue weighted by atomic mass is 16.4. The van der Waals surface area contributed by atoms with Crippen molar-refractivity contribution in [1.82, 2.24) is 20.6 Å². The number of aromatic nitrogens is 2. The Bertz CT molecular complexity index is 1630. The van der Waals surface area contributed by atoms with E-state index in [-0.39, 0.29) is 24.7 Å². The van der Waals surface area contributed by atoms with Gasteiger partial charge in [-0.3, -0.25) is 19.2 Å². The Morgan fingerprint density at radius 3 is 1.28 bits per heavy atom. The molecule has 0 unspecified atom stereocenters. The third kappa shape index (κ3) is 6.77. The van der Waals surface area contributed by atoms with E-state index in [2.05, 4.69) is 20.6 Å². The summed E-state index contributed by atoms with van der Waals surface area (Å²) in [5, 5.41) is 25.3. The van der Waals surface area contributed by atoms with E-state index in [1.165, 1.54) is 0 Å². The number of allylic oxidation sites excluding steroid dienone is 2. The van der Waals surface area contributed by atoms with E-state index in [1.807, 2.05) is 67.5 Å². The summed E-state index contributed by atoms with van der Waals surface area (Å²) in [6.07, 6.45) is 6.97. The highest BCUT2D eigenvalue weighted by molar-refractivity contribution is 6.02. The molecule has 0 spiro atoms. The van der Waals surface area contributed by atoms with Gasteiger partial charge in [-0.15, -0.1) is 0 Å². The van der Waals surface area contributed by atoms with Gasteiger partial charge in [0.05, 0.1) is 0 Å². The molecule has 47 heavy (non-hydrogen) atoms. The van der Waals surface area contributed by atoms with Gasteiger partial charge in [0.25, 0.3) is 11.8 Å². The second kappa shape index (κ2) is 14.0.